The molecule has 0 aliphatic carbocycles. The standard InChI is InChI=1S/C10H6Cl2N4O3S/c11-6-3-13-10(12)16-7(6)15-8-5(1-2-20-8)9(18)19-14-4-17/h1-4H,(H,14,17)(H,13,15,16). The molecule has 0 radical (unpaired) electrons. The van der Waals surface area contributed by atoms with Crippen LogP contribution in [0.15, 0.2) is 17.6 Å². The Bertz CT molecular complexity index is 649. The summed E-state index contributed by atoms with van der Waals surface area (Å²) in [5.41, 5.74) is 2.04. The van der Waals surface area contributed by atoms with Crippen molar-refractivity contribution in [2.75, 3.05) is 5.32 Å². The number of thiophene rings is 1. The predicted molar refractivity (Wildman–Crippen MR) is 74.3 cm³/mol. The van der Waals surface area contributed by atoms with Crippen LogP contribution in [0.4, 0.5) is 10.8 Å². The molecule has 10 heteroatoms. The summed E-state index contributed by atoms with van der Waals surface area (Å²) in [4.78, 5) is 33.8. The first-order valence-electron chi connectivity index (χ1n) is 5.04. The van der Waals surface area contributed by atoms with Crippen molar-refractivity contribution in [1.82, 2.24) is 15.4 Å². The summed E-state index contributed by atoms with van der Waals surface area (Å²) in [6.07, 6.45) is 1.58. The van der Waals surface area contributed by atoms with E-state index in [9.17, 15) is 9.59 Å². The van der Waals surface area contributed by atoms with Crippen molar-refractivity contribution in [2.24, 2.45) is 0 Å². The van der Waals surface area contributed by atoms with E-state index in [0.717, 1.165) is 0 Å². The highest BCUT2D eigenvalue weighted by molar-refractivity contribution is 7.14. The van der Waals surface area contributed by atoms with Crippen LogP contribution < -0.4 is 10.8 Å². The number of aromatic nitrogens is 2. The van der Waals surface area contributed by atoms with Gasteiger partial charge in [-0.2, -0.15) is 10.5 Å². The van der Waals surface area contributed by atoms with Gasteiger partial charge < -0.3 is 10.2 Å². The summed E-state index contributed by atoms with van der Waals surface area (Å²) >= 11 is 12.8. The second kappa shape index (κ2) is 6.51. The maximum Gasteiger partial charge on any atom is 0.365 e. The monoisotopic (exact) mass is 332 g/mol. The van der Waals surface area contributed by atoms with E-state index in [0.29, 0.717) is 5.00 Å². The summed E-state index contributed by atoms with van der Waals surface area (Å²) in [6, 6.07) is 1.53. The largest absolute Gasteiger partial charge is 0.365 e. The zero-order valence-corrected chi connectivity index (χ0v) is 11.9. The molecule has 2 rings (SSSR count). The van der Waals surface area contributed by atoms with Crippen LogP contribution in [-0.4, -0.2) is 22.3 Å². The minimum absolute atomic E-state index is 0.0141. The molecular weight excluding hydrogens is 327 g/mol. The Morgan fingerprint density at radius 2 is 2.25 bits per heavy atom. The number of hydroxylamine groups is 1. The first-order chi connectivity index (χ1) is 9.61. The third kappa shape index (κ3) is 3.35. The van der Waals surface area contributed by atoms with Crippen LogP contribution >= 0.6 is 34.5 Å². The van der Waals surface area contributed by atoms with Gasteiger partial charge in [0.1, 0.15) is 10.0 Å². The number of rotatable bonds is 5. The molecular formula is C10H6Cl2N4O3S. The van der Waals surface area contributed by atoms with Crippen LogP contribution in [0.2, 0.25) is 10.3 Å². The van der Waals surface area contributed by atoms with Gasteiger partial charge in [-0.15, -0.1) is 11.3 Å². The lowest BCUT2D eigenvalue weighted by Gasteiger charge is -2.07. The fourth-order valence-corrected chi connectivity index (χ4v) is 2.29. The molecule has 0 fully saturated rings. The molecule has 2 N–H and O–H groups in total. The lowest BCUT2D eigenvalue weighted by molar-refractivity contribution is -0.117. The van der Waals surface area contributed by atoms with E-state index < -0.39 is 5.97 Å². The summed E-state index contributed by atoms with van der Waals surface area (Å²) in [7, 11) is 0. The molecule has 0 aliphatic heterocycles. The highest BCUT2D eigenvalue weighted by atomic mass is 35.5. The minimum Gasteiger partial charge on any atom is -0.335 e. The molecule has 20 heavy (non-hydrogen) atoms. The molecule has 0 bridgehead atoms. The van der Waals surface area contributed by atoms with E-state index in [4.69, 9.17) is 23.2 Å². The molecule has 0 aromatic carbocycles. The summed E-state index contributed by atoms with van der Waals surface area (Å²) in [6.45, 7) is 0. The number of nitrogens with one attached hydrogen (secondary N) is 2. The number of carbonyl (C=O) groups is 2. The molecule has 7 nitrogen and oxygen atoms in total. The van der Waals surface area contributed by atoms with Gasteiger partial charge in [0.15, 0.2) is 5.82 Å². The smallest absolute Gasteiger partial charge is 0.335 e. The maximum absolute atomic E-state index is 11.7. The van der Waals surface area contributed by atoms with Crippen molar-refractivity contribution >= 4 is 57.7 Å². The van der Waals surface area contributed by atoms with Gasteiger partial charge in [0.05, 0.1) is 11.8 Å². The van der Waals surface area contributed by atoms with E-state index in [1.54, 1.807) is 5.38 Å². The van der Waals surface area contributed by atoms with Crippen LogP contribution in [0.3, 0.4) is 0 Å². The Balaban J connectivity index is 2.22. The highest BCUT2D eigenvalue weighted by Crippen LogP contribution is 2.30. The van der Waals surface area contributed by atoms with Crippen LogP contribution in [-0.2, 0) is 9.63 Å². The first kappa shape index (κ1) is 14.5. The average molecular weight is 333 g/mol. The van der Waals surface area contributed by atoms with Gasteiger partial charge in [-0.05, 0) is 23.0 Å². The molecule has 0 saturated heterocycles. The van der Waals surface area contributed by atoms with E-state index >= 15 is 0 Å². The molecule has 1 amide bonds. The van der Waals surface area contributed by atoms with Crippen molar-refractivity contribution in [1.29, 1.82) is 0 Å². The van der Waals surface area contributed by atoms with E-state index in [1.165, 1.54) is 23.6 Å². The molecule has 0 unspecified atom stereocenters. The topological polar surface area (TPSA) is 93.2 Å². The number of hydrogen-bond acceptors (Lipinski definition) is 7. The van der Waals surface area contributed by atoms with E-state index in [1.807, 2.05) is 5.48 Å². The highest BCUT2D eigenvalue weighted by Gasteiger charge is 2.16. The number of anilines is 2. The first-order valence-corrected chi connectivity index (χ1v) is 6.68. The van der Waals surface area contributed by atoms with Crippen molar-refractivity contribution in [3.63, 3.8) is 0 Å². The van der Waals surface area contributed by atoms with Gasteiger partial charge in [-0.1, -0.05) is 11.6 Å². The number of hydrogen-bond donors (Lipinski definition) is 2. The lowest BCUT2D eigenvalue weighted by atomic mass is 10.3. The third-order valence-corrected chi connectivity index (χ3v) is 3.32. The molecule has 104 valence electrons. The Labute approximate surface area is 126 Å². The summed E-state index contributed by atoms with van der Waals surface area (Å²) in [5.74, 6) is -0.469. The van der Waals surface area contributed by atoms with Crippen LogP contribution in [0, 0.1) is 0 Å². The van der Waals surface area contributed by atoms with Crippen molar-refractivity contribution < 1.29 is 14.4 Å². The summed E-state index contributed by atoms with van der Waals surface area (Å²) < 4.78 is 0. The third-order valence-electron chi connectivity index (χ3n) is 2.03. The zero-order valence-electron chi connectivity index (χ0n) is 9.59. The van der Waals surface area contributed by atoms with Gasteiger partial charge in [-0.25, -0.2) is 9.78 Å². The van der Waals surface area contributed by atoms with Crippen molar-refractivity contribution in [3.05, 3.63) is 33.5 Å². The van der Waals surface area contributed by atoms with Gasteiger partial charge >= 0.3 is 5.97 Å². The predicted octanol–water partition coefficient (Wildman–Crippen LogP) is 2.41. The van der Waals surface area contributed by atoms with Crippen LogP contribution in [0.25, 0.3) is 0 Å². The average Bonchev–Trinajstić information content (AvgIpc) is 2.88. The second-order valence-electron chi connectivity index (χ2n) is 3.25. The number of amides is 1. The Kier molecular flexibility index (Phi) is 4.72. The van der Waals surface area contributed by atoms with E-state index in [2.05, 4.69) is 20.1 Å². The maximum atomic E-state index is 11.7. The van der Waals surface area contributed by atoms with Gasteiger partial charge in [0.2, 0.25) is 11.7 Å². The zero-order chi connectivity index (χ0) is 14.5. The molecule has 2 heterocycles. The van der Waals surface area contributed by atoms with Crippen molar-refractivity contribution in [2.45, 2.75) is 0 Å². The number of nitrogens with zero attached hydrogens (tertiary/aromatic N) is 2. The van der Waals surface area contributed by atoms with Crippen LogP contribution in [0.1, 0.15) is 10.4 Å². The normalized spacial score (nSPS) is 9.90. The fourth-order valence-electron chi connectivity index (χ4n) is 1.24. The minimum atomic E-state index is -0.725. The lowest BCUT2D eigenvalue weighted by Crippen LogP contribution is -2.18. The molecule has 2 aromatic rings. The number of halogens is 2. The van der Waals surface area contributed by atoms with Gasteiger partial charge in [-0.3, -0.25) is 4.79 Å². The van der Waals surface area contributed by atoms with Gasteiger partial charge in [0.25, 0.3) is 0 Å². The second-order valence-corrected chi connectivity index (χ2v) is 4.91. The van der Waals surface area contributed by atoms with Crippen LogP contribution in [0.5, 0.6) is 0 Å². The molecule has 0 aliphatic rings. The molecule has 0 saturated carbocycles. The summed E-state index contributed by atoms with van der Waals surface area (Å²) in [5, 5.41) is 5.22. The Morgan fingerprint density at radius 3 is 3.00 bits per heavy atom. The van der Waals surface area contributed by atoms with Crippen molar-refractivity contribution in [3.8, 4) is 0 Å². The van der Waals surface area contributed by atoms with Gasteiger partial charge in [0, 0.05) is 0 Å². The molecule has 2 aromatic heterocycles. The SMILES string of the molecule is O=CNOC(=O)c1ccsc1Nc1nc(Cl)ncc1Cl. The molecule has 0 spiro atoms. The Morgan fingerprint density at radius 1 is 1.45 bits per heavy atom. The Hall–Kier alpha value is -1.90. The quantitative estimate of drug-likeness (QED) is 0.496. The molecule has 0 atom stereocenters. The fraction of sp³-hybridized carbons (Fsp3) is 0. The number of carbonyl (C=O) groups excluding carboxylic acids is 2. The van der Waals surface area contributed by atoms with E-state index in [-0.39, 0.29) is 28.1 Å².